The average Bonchev–Trinajstić information content (AvgIpc) is 2.48. The lowest BCUT2D eigenvalue weighted by atomic mass is 10.4. The van der Waals surface area contributed by atoms with Crippen molar-refractivity contribution >= 4 is 15.9 Å². The van der Waals surface area contributed by atoms with Gasteiger partial charge in [0.1, 0.15) is 17.5 Å². The number of rotatable bonds is 13. The highest BCUT2D eigenvalue weighted by atomic mass is 79.9. The standard InChI is InChI=1S/C14H23BrN2O4/c1-2-3-4-18-5-6-19-7-8-20-9-10-21-14-11-13(15)16-12-17-14/h11-12H,2-10H2,1H3. The van der Waals surface area contributed by atoms with Crippen LogP contribution in [0.5, 0.6) is 5.88 Å². The predicted octanol–water partition coefficient (Wildman–Crippen LogP) is 2.47. The van der Waals surface area contributed by atoms with Crippen molar-refractivity contribution in [2.75, 3.05) is 46.2 Å². The zero-order valence-electron chi connectivity index (χ0n) is 12.4. The molecule has 6 nitrogen and oxygen atoms in total. The molecule has 0 amide bonds. The number of aromatic nitrogens is 2. The molecule has 0 saturated heterocycles. The van der Waals surface area contributed by atoms with E-state index in [1.165, 1.54) is 6.33 Å². The van der Waals surface area contributed by atoms with Crippen LogP contribution >= 0.6 is 15.9 Å². The van der Waals surface area contributed by atoms with Crippen LogP contribution in [0.25, 0.3) is 0 Å². The molecule has 0 N–H and O–H groups in total. The summed E-state index contributed by atoms with van der Waals surface area (Å²) >= 11 is 3.25. The summed E-state index contributed by atoms with van der Waals surface area (Å²) in [6.07, 6.45) is 3.70. The Morgan fingerprint density at radius 3 is 2.14 bits per heavy atom. The molecule has 1 aromatic heterocycles. The lowest BCUT2D eigenvalue weighted by Gasteiger charge is -2.07. The largest absolute Gasteiger partial charge is 0.475 e. The van der Waals surface area contributed by atoms with Crippen molar-refractivity contribution < 1.29 is 18.9 Å². The van der Waals surface area contributed by atoms with Crippen molar-refractivity contribution in [2.24, 2.45) is 0 Å². The third-order valence-electron chi connectivity index (χ3n) is 2.47. The zero-order chi connectivity index (χ0) is 15.2. The molecule has 0 saturated carbocycles. The van der Waals surface area contributed by atoms with Crippen LogP contribution in [0.2, 0.25) is 0 Å². The highest BCUT2D eigenvalue weighted by Crippen LogP contribution is 2.11. The first-order valence-electron chi connectivity index (χ1n) is 7.16. The molecule has 1 rings (SSSR count). The van der Waals surface area contributed by atoms with Crippen LogP contribution < -0.4 is 4.74 Å². The van der Waals surface area contributed by atoms with Crippen LogP contribution in [0, 0.1) is 0 Å². The first-order chi connectivity index (χ1) is 10.3. The molecule has 0 aliphatic rings. The Morgan fingerprint density at radius 1 is 0.905 bits per heavy atom. The molecule has 0 aromatic carbocycles. The fraction of sp³-hybridized carbons (Fsp3) is 0.714. The topological polar surface area (TPSA) is 62.7 Å². The van der Waals surface area contributed by atoms with Crippen molar-refractivity contribution in [3.05, 3.63) is 17.0 Å². The molecule has 0 fully saturated rings. The molecule has 0 atom stereocenters. The van der Waals surface area contributed by atoms with Crippen LogP contribution in [0.4, 0.5) is 0 Å². The van der Waals surface area contributed by atoms with E-state index in [2.05, 4.69) is 32.8 Å². The van der Waals surface area contributed by atoms with Gasteiger partial charge in [-0.25, -0.2) is 9.97 Å². The summed E-state index contributed by atoms with van der Waals surface area (Å²) in [7, 11) is 0. The van der Waals surface area contributed by atoms with E-state index in [0.29, 0.717) is 50.1 Å². The molecule has 0 radical (unpaired) electrons. The zero-order valence-corrected chi connectivity index (χ0v) is 14.0. The van der Waals surface area contributed by atoms with E-state index >= 15 is 0 Å². The summed E-state index contributed by atoms with van der Waals surface area (Å²) in [5.74, 6) is 0.529. The van der Waals surface area contributed by atoms with Crippen molar-refractivity contribution in [2.45, 2.75) is 19.8 Å². The van der Waals surface area contributed by atoms with Gasteiger partial charge in [-0.2, -0.15) is 0 Å². The van der Waals surface area contributed by atoms with Gasteiger partial charge in [-0.15, -0.1) is 0 Å². The Labute approximate surface area is 134 Å². The quantitative estimate of drug-likeness (QED) is 0.396. The van der Waals surface area contributed by atoms with Gasteiger partial charge in [0.15, 0.2) is 0 Å². The highest BCUT2D eigenvalue weighted by Gasteiger charge is 1.97. The van der Waals surface area contributed by atoms with Gasteiger partial charge in [0.2, 0.25) is 5.88 Å². The second-order valence-electron chi connectivity index (χ2n) is 4.22. The summed E-state index contributed by atoms with van der Waals surface area (Å²) in [6, 6.07) is 1.71. The first-order valence-corrected chi connectivity index (χ1v) is 7.95. The maximum atomic E-state index is 5.40. The van der Waals surface area contributed by atoms with Crippen molar-refractivity contribution in [3.8, 4) is 5.88 Å². The van der Waals surface area contributed by atoms with Crippen molar-refractivity contribution in [1.82, 2.24) is 9.97 Å². The lowest BCUT2D eigenvalue weighted by molar-refractivity contribution is 0.00871. The Kier molecular flexibility index (Phi) is 11.3. The maximum Gasteiger partial charge on any atom is 0.217 e. The second kappa shape index (κ2) is 12.9. The number of ether oxygens (including phenoxy) is 4. The van der Waals surface area contributed by atoms with Gasteiger partial charge >= 0.3 is 0 Å². The summed E-state index contributed by atoms with van der Waals surface area (Å²) in [5, 5.41) is 0. The number of halogens is 1. The average molecular weight is 363 g/mol. The molecular weight excluding hydrogens is 340 g/mol. The molecule has 120 valence electrons. The highest BCUT2D eigenvalue weighted by molar-refractivity contribution is 9.10. The molecule has 0 unspecified atom stereocenters. The molecule has 1 aromatic rings. The summed E-state index contributed by atoms with van der Waals surface area (Å²) in [5.41, 5.74) is 0. The minimum Gasteiger partial charge on any atom is -0.475 e. The molecule has 0 bridgehead atoms. The number of hydrogen-bond acceptors (Lipinski definition) is 6. The van der Waals surface area contributed by atoms with Gasteiger partial charge in [-0.1, -0.05) is 13.3 Å². The lowest BCUT2D eigenvalue weighted by Crippen LogP contribution is -2.13. The van der Waals surface area contributed by atoms with E-state index in [9.17, 15) is 0 Å². The van der Waals surface area contributed by atoms with Gasteiger partial charge in [0.25, 0.3) is 0 Å². The molecule has 0 aliphatic heterocycles. The van der Waals surface area contributed by atoms with Gasteiger partial charge in [0, 0.05) is 12.7 Å². The minimum absolute atomic E-state index is 0.448. The SMILES string of the molecule is CCCCOCCOCCOCCOc1cc(Br)ncn1. The summed E-state index contributed by atoms with van der Waals surface area (Å²) in [6.45, 7) is 6.27. The molecule has 0 spiro atoms. The van der Waals surface area contributed by atoms with Crippen LogP contribution in [0.3, 0.4) is 0 Å². The van der Waals surface area contributed by atoms with Gasteiger partial charge < -0.3 is 18.9 Å². The van der Waals surface area contributed by atoms with Crippen molar-refractivity contribution in [3.63, 3.8) is 0 Å². The van der Waals surface area contributed by atoms with E-state index in [1.54, 1.807) is 6.07 Å². The smallest absolute Gasteiger partial charge is 0.217 e. The molecule has 7 heteroatoms. The Morgan fingerprint density at radius 2 is 1.52 bits per heavy atom. The Balaban J connectivity index is 1.82. The first kappa shape index (κ1) is 18.3. The Hall–Kier alpha value is -0.760. The van der Waals surface area contributed by atoms with E-state index < -0.39 is 0 Å². The fourth-order valence-electron chi connectivity index (χ4n) is 1.39. The number of unbranched alkanes of at least 4 members (excludes halogenated alkanes) is 1. The summed E-state index contributed by atoms with van der Waals surface area (Å²) in [4.78, 5) is 7.89. The third kappa shape index (κ3) is 10.6. The normalized spacial score (nSPS) is 10.8. The van der Waals surface area contributed by atoms with E-state index in [4.69, 9.17) is 18.9 Å². The number of hydrogen-bond donors (Lipinski definition) is 0. The van der Waals surface area contributed by atoms with Crippen LogP contribution in [0.1, 0.15) is 19.8 Å². The Bertz CT molecular complexity index is 369. The van der Waals surface area contributed by atoms with Crippen molar-refractivity contribution in [1.29, 1.82) is 0 Å². The number of nitrogens with zero attached hydrogens (tertiary/aromatic N) is 2. The fourth-order valence-corrected chi connectivity index (χ4v) is 1.68. The molecular formula is C14H23BrN2O4. The van der Waals surface area contributed by atoms with Gasteiger partial charge in [-0.05, 0) is 22.4 Å². The predicted molar refractivity (Wildman–Crippen MR) is 82.6 cm³/mol. The van der Waals surface area contributed by atoms with E-state index in [-0.39, 0.29) is 0 Å². The van der Waals surface area contributed by atoms with Gasteiger partial charge in [0.05, 0.1) is 33.0 Å². The molecule has 0 aliphatic carbocycles. The summed E-state index contributed by atoms with van der Waals surface area (Å²) < 4.78 is 22.2. The molecule has 1 heterocycles. The second-order valence-corrected chi connectivity index (χ2v) is 5.03. The monoisotopic (exact) mass is 362 g/mol. The van der Waals surface area contributed by atoms with E-state index in [0.717, 1.165) is 19.4 Å². The minimum atomic E-state index is 0.448. The third-order valence-corrected chi connectivity index (χ3v) is 2.91. The molecule has 21 heavy (non-hydrogen) atoms. The van der Waals surface area contributed by atoms with Crippen LogP contribution in [-0.4, -0.2) is 56.2 Å². The maximum absolute atomic E-state index is 5.40. The van der Waals surface area contributed by atoms with Crippen LogP contribution in [-0.2, 0) is 14.2 Å². The van der Waals surface area contributed by atoms with Gasteiger partial charge in [-0.3, -0.25) is 0 Å². The van der Waals surface area contributed by atoms with Crippen LogP contribution in [0.15, 0.2) is 17.0 Å². The van der Waals surface area contributed by atoms with E-state index in [1.807, 2.05) is 0 Å².